The van der Waals surface area contributed by atoms with Crippen molar-refractivity contribution in [2.45, 2.75) is 26.3 Å². The van der Waals surface area contributed by atoms with Gasteiger partial charge in [-0.1, -0.05) is 19.0 Å². The van der Waals surface area contributed by atoms with Crippen LogP contribution < -0.4 is 10.6 Å². The van der Waals surface area contributed by atoms with Crippen LogP contribution in [0.4, 0.5) is 11.8 Å². The number of nitrogens with zero attached hydrogens (tertiary/aromatic N) is 4. The van der Waals surface area contributed by atoms with E-state index in [0.717, 1.165) is 5.69 Å². The Balaban J connectivity index is 2.00. The van der Waals surface area contributed by atoms with Gasteiger partial charge in [-0.15, -0.1) is 0 Å². The first-order chi connectivity index (χ1) is 11.8. The lowest BCUT2D eigenvalue weighted by molar-refractivity contribution is 0.0697. The molecule has 8 heteroatoms. The highest BCUT2D eigenvalue weighted by atomic mass is 16.5. The Morgan fingerprint density at radius 2 is 2.08 bits per heavy atom. The Morgan fingerprint density at radius 3 is 2.72 bits per heavy atom. The van der Waals surface area contributed by atoms with Gasteiger partial charge in [0.05, 0.1) is 23.3 Å². The SMILES string of the molecule is CC(C)c1cc(CN(C)c2nc(N)nc3ccc(C(=O)O)cc23)on1. The Labute approximate surface area is 144 Å². The number of hydrogen-bond donors (Lipinski definition) is 2. The van der Waals surface area contributed by atoms with Gasteiger partial charge in [-0.3, -0.25) is 0 Å². The fraction of sp³-hybridized carbons (Fsp3) is 0.294. The lowest BCUT2D eigenvalue weighted by Gasteiger charge is -2.18. The molecule has 2 heterocycles. The molecule has 3 rings (SSSR count). The zero-order valence-corrected chi connectivity index (χ0v) is 14.2. The number of carbonyl (C=O) groups is 1. The van der Waals surface area contributed by atoms with E-state index in [2.05, 4.69) is 15.1 Å². The van der Waals surface area contributed by atoms with Gasteiger partial charge in [0.2, 0.25) is 5.95 Å². The van der Waals surface area contributed by atoms with Crippen LogP contribution in [0.3, 0.4) is 0 Å². The smallest absolute Gasteiger partial charge is 0.335 e. The molecule has 2 aromatic heterocycles. The minimum absolute atomic E-state index is 0.123. The van der Waals surface area contributed by atoms with Gasteiger partial charge in [0.15, 0.2) is 5.76 Å². The van der Waals surface area contributed by atoms with E-state index in [1.807, 2.05) is 31.9 Å². The van der Waals surface area contributed by atoms with Gasteiger partial charge in [-0.05, 0) is 24.1 Å². The number of carboxylic acids is 1. The van der Waals surface area contributed by atoms with Gasteiger partial charge in [-0.2, -0.15) is 4.98 Å². The van der Waals surface area contributed by atoms with E-state index < -0.39 is 5.97 Å². The second-order valence-corrected chi connectivity index (χ2v) is 6.17. The zero-order valence-electron chi connectivity index (χ0n) is 14.2. The van der Waals surface area contributed by atoms with E-state index in [4.69, 9.17) is 10.3 Å². The first-order valence-corrected chi connectivity index (χ1v) is 7.82. The fourth-order valence-corrected chi connectivity index (χ4v) is 2.54. The molecule has 8 nitrogen and oxygen atoms in total. The van der Waals surface area contributed by atoms with Crippen molar-refractivity contribution in [1.82, 2.24) is 15.1 Å². The molecule has 130 valence electrons. The summed E-state index contributed by atoms with van der Waals surface area (Å²) in [4.78, 5) is 21.5. The molecule has 0 aliphatic rings. The van der Waals surface area contributed by atoms with E-state index >= 15 is 0 Å². The minimum Gasteiger partial charge on any atom is -0.478 e. The molecular weight excluding hydrogens is 322 g/mol. The molecule has 25 heavy (non-hydrogen) atoms. The number of anilines is 2. The van der Waals surface area contributed by atoms with Crippen LogP contribution in [0.5, 0.6) is 0 Å². The highest BCUT2D eigenvalue weighted by Crippen LogP contribution is 2.26. The average Bonchev–Trinajstić information content (AvgIpc) is 3.02. The summed E-state index contributed by atoms with van der Waals surface area (Å²) in [6, 6.07) is 6.56. The molecule has 1 aromatic carbocycles. The summed E-state index contributed by atoms with van der Waals surface area (Å²) in [5.74, 6) is 0.609. The van der Waals surface area contributed by atoms with Crippen molar-refractivity contribution in [2.24, 2.45) is 0 Å². The van der Waals surface area contributed by atoms with Crippen molar-refractivity contribution < 1.29 is 14.4 Å². The van der Waals surface area contributed by atoms with Gasteiger partial charge in [0, 0.05) is 18.5 Å². The normalized spacial score (nSPS) is 11.2. The van der Waals surface area contributed by atoms with Crippen molar-refractivity contribution in [3.05, 3.63) is 41.3 Å². The highest BCUT2D eigenvalue weighted by Gasteiger charge is 2.16. The fourth-order valence-electron chi connectivity index (χ4n) is 2.54. The topological polar surface area (TPSA) is 118 Å². The van der Waals surface area contributed by atoms with Gasteiger partial charge in [0.25, 0.3) is 0 Å². The maximum absolute atomic E-state index is 11.2. The van der Waals surface area contributed by atoms with Gasteiger partial charge >= 0.3 is 5.97 Å². The summed E-state index contributed by atoms with van der Waals surface area (Å²) >= 11 is 0. The Kier molecular flexibility index (Phi) is 4.26. The third-order valence-electron chi connectivity index (χ3n) is 3.86. The lowest BCUT2D eigenvalue weighted by atomic mass is 10.1. The molecule has 0 spiro atoms. The van der Waals surface area contributed by atoms with Crippen LogP contribution >= 0.6 is 0 Å². The molecule has 0 bridgehead atoms. The number of hydrogen-bond acceptors (Lipinski definition) is 7. The summed E-state index contributed by atoms with van der Waals surface area (Å²) in [7, 11) is 1.83. The van der Waals surface area contributed by atoms with Gasteiger partial charge in [-0.25, -0.2) is 9.78 Å². The lowest BCUT2D eigenvalue weighted by Crippen LogP contribution is -2.19. The third kappa shape index (κ3) is 3.37. The summed E-state index contributed by atoms with van der Waals surface area (Å²) in [6.07, 6.45) is 0. The Hall–Kier alpha value is -3.16. The largest absolute Gasteiger partial charge is 0.478 e. The zero-order chi connectivity index (χ0) is 18.1. The summed E-state index contributed by atoms with van der Waals surface area (Å²) in [5.41, 5.74) is 7.42. The van der Waals surface area contributed by atoms with Gasteiger partial charge < -0.3 is 20.3 Å². The van der Waals surface area contributed by atoms with E-state index in [9.17, 15) is 9.90 Å². The quantitative estimate of drug-likeness (QED) is 0.727. The van der Waals surface area contributed by atoms with Crippen LogP contribution in [0.2, 0.25) is 0 Å². The third-order valence-corrected chi connectivity index (χ3v) is 3.86. The molecule has 0 saturated heterocycles. The van der Waals surface area contributed by atoms with Crippen LogP contribution in [-0.4, -0.2) is 33.2 Å². The van der Waals surface area contributed by atoms with Crippen molar-refractivity contribution in [3.8, 4) is 0 Å². The molecule has 0 amide bonds. The molecule has 0 aliphatic heterocycles. The van der Waals surface area contributed by atoms with E-state index in [-0.39, 0.29) is 17.4 Å². The second kappa shape index (κ2) is 6.39. The summed E-state index contributed by atoms with van der Waals surface area (Å²) in [5, 5.41) is 13.9. The second-order valence-electron chi connectivity index (χ2n) is 6.17. The number of aromatic carboxylic acids is 1. The monoisotopic (exact) mass is 341 g/mol. The van der Waals surface area contributed by atoms with E-state index in [0.29, 0.717) is 29.0 Å². The first-order valence-electron chi connectivity index (χ1n) is 7.82. The van der Waals surface area contributed by atoms with Crippen LogP contribution in [0, 0.1) is 0 Å². The molecular formula is C17H19N5O3. The van der Waals surface area contributed by atoms with Crippen molar-refractivity contribution in [2.75, 3.05) is 17.7 Å². The molecule has 0 unspecified atom stereocenters. The van der Waals surface area contributed by atoms with Crippen LogP contribution in [0.25, 0.3) is 10.9 Å². The maximum atomic E-state index is 11.2. The Bertz CT molecular complexity index is 935. The molecule has 0 fully saturated rings. The number of carboxylic acid groups (broad SMARTS) is 1. The van der Waals surface area contributed by atoms with Crippen LogP contribution in [-0.2, 0) is 6.54 Å². The number of nitrogens with two attached hydrogens (primary N) is 1. The Morgan fingerprint density at radius 1 is 1.32 bits per heavy atom. The van der Waals surface area contributed by atoms with Crippen molar-refractivity contribution in [1.29, 1.82) is 0 Å². The van der Waals surface area contributed by atoms with Crippen LogP contribution in [0.1, 0.15) is 41.6 Å². The average molecular weight is 341 g/mol. The molecule has 0 atom stereocenters. The molecule has 3 aromatic rings. The van der Waals surface area contributed by atoms with Crippen LogP contribution in [0.15, 0.2) is 28.8 Å². The number of fused-ring (bicyclic) bond motifs is 1. The predicted molar refractivity (Wildman–Crippen MR) is 93.6 cm³/mol. The van der Waals surface area contributed by atoms with E-state index in [1.54, 1.807) is 12.1 Å². The molecule has 0 aliphatic carbocycles. The number of benzene rings is 1. The predicted octanol–water partition coefficient (Wildman–Crippen LogP) is 2.66. The molecule has 0 radical (unpaired) electrons. The standard InChI is InChI=1S/C17H19N5O3/c1-9(2)14-7-11(25-21-14)8-22(3)15-12-6-10(16(23)24)4-5-13(12)19-17(18)20-15/h4-7,9H,8H2,1-3H3,(H,23,24)(H2,18,19,20). The molecule has 3 N–H and O–H groups in total. The highest BCUT2D eigenvalue weighted by molar-refractivity contribution is 5.97. The van der Waals surface area contributed by atoms with Gasteiger partial charge in [0.1, 0.15) is 5.82 Å². The van der Waals surface area contributed by atoms with Crippen molar-refractivity contribution >= 4 is 28.6 Å². The molecule has 0 saturated carbocycles. The van der Waals surface area contributed by atoms with Crippen molar-refractivity contribution in [3.63, 3.8) is 0 Å². The summed E-state index contributed by atoms with van der Waals surface area (Å²) < 4.78 is 5.36. The first kappa shape index (κ1) is 16.7. The maximum Gasteiger partial charge on any atom is 0.335 e. The number of rotatable bonds is 5. The minimum atomic E-state index is -1.01. The number of aromatic nitrogens is 3. The summed E-state index contributed by atoms with van der Waals surface area (Å²) in [6.45, 7) is 4.50. The number of nitrogen functional groups attached to an aromatic ring is 1. The van der Waals surface area contributed by atoms with E-state index in [1.165, 1.54) is 6.07 Å².